The van der Waals surface area contributed by atoms with Crippen LogP contribution in [0.15, 0.2) is 48.5 Å². The summed E-state index contributed by atoms with van der Waals surface area (Å²) in [4.78, 5) is 10.7. The quantitative estimate of drug-likeness (QED) is 0.406. The molecule has 1 aliphatic rings. The maximum Gasteiger partial charge on any atom is 0.270 e. The molecule has 0 spiro atoms. The van der Waals surface area contributed by atoms with Crippen LogP contribution in [0, 0.1) is 27.9 Å². The summed E-state index contributed by atoms with van der Waals surface area (Å²) in [6.45, 7) is 6.43. The number of phenolic OH excluding ortho intramolecular Hbond substituents is 1. The van der Waals surface area contributed by atoms with Gasteiger partial charge in [0.1, 0.15) is 5.75 Å². The first-order chi connectivity index (χ1) is 13.7. The highest BCUT2D eigenvalue weighted by atomic mass is 31.2. The molecule has 2 aromatic carbocycles. The van der Waals surface area contributed by atoms with E-state index in [1.807, 2.05) is 0 Å². The Morgan fingerprint density at radius 2 is 1.86 bits per heavy atom. The van der Waals surface area contributed by atoms with Gasteiger partial charge in [0.25, 0.3) is 13.1 Å². The first-order valence-electron chi connectivity index (χ1n) is 10.0. The molecule has 0 bridgehead atoms. The van der Waals surface area contributed by atoms with E-state index in [1.165, 1.54) is 18.2 Å². The molecule has 1 aliphatic carbocycles. The summed E-state index contributed by atoms with van der Waals surface area (Å²) >= 11 is 0. The van der Waals surface area contributed by atoms with Crippen LogP contribution >= 0.6 is 7.37 Å². The van der Waals surface area contributed by atoms with Gasteiger partial charge in [-0.3, -0.25) is 14.7 Å². The zero-order valence-electron chi connectivity index (χ0n) is 17.0. The van der Waals surface area contributed by atoms with Crippen molar-refractivity contribution in [3.8, 4) is 5.75 Å². The van der Waals surface area contributed by atoms with E-state index in [4.69, 9.17) is 4.52 Å². The number of benzene rings is 2. The van der Waals surface area contributed by atoms with Crippen LogP contribution in [-0.4, -0.2) is 16.1 Å². The minimum atomic E-state index is -3.75. The predicted octanol–water partition coefficient (Wildman–Crippen LogP) is 5.01. The molecule has 0 amide bonds. The number of phenols is 1. The fraction of sp³-hybridized carbons (Fsp3) is 0.455. The van der Waals surface area contributed by atoms with Crippen molar-refractivity contribution in [1.29, 1.82) is 0 Å². The van der Waals surface area contributed by atoms with Crippen molar-refractivity contribution in [2.75, 3.05) is 0 Å². The van der Waals surface area contributed by atoms with Gasteiger partial charge in [0, 0.05) is 17.4 Å². The van der Waals surface area contributed by atoms with Crippen molar-refractivity contribution < 1.29 is 19.1 Å². The Morgan fingerprint density at radius 1 is 1.17 bits per heavy atom. The average Bonchev–Trinajstić information content (AvgIpc) is 2.68. The summed E-state index contributed by atoms with van der Waals surface area (Å²) in [5, 5.41) is 22.2. The Bertz CT molecular complexity index is 915. The molecule has 0 saturated heterocycles. The van der Waals surface area contributed by atoms with Crippen molar-refractivity contribution >= 4 is 23.7 Å². The van der Waals surface area contributed by atoms with Crippen LogP contribution in [0.25, 0.3) is 0 Å². The number of nitro groups is 1. The summed E-state index contributed by atoms with van der Waals surface area (Å²) < 4.78 is 20.7. The largest absolute Gasteiger partial charge is 0.507 e. The number of non-ortho nitro benzene ring substituents is 1. The highest BCUT2D eigenvalue weighted by Gasteiger charge is 2.40. The molecule has 0 aliphatic heterocycles. The lowest BCUT2D eigenvalue weighted by Gasteiger charge is -2.39. The third-order valence-corrected chi connectivity index (χ3v) is 8.37. The molecule has 29 heavy (non-hydrogen) atoms. The number of aromatic hydroxyl groups is 1. The second-order valence-corrected chi connectivity index (χ2v) is 10.6. The normalized spacial score (nSPS) is 24.2. The number of hydrogen-bond donors (Lipinski definition) is 1. The molecule has 1 saturated carbocycles. The number of hydrogen-bond acceptors (Lipinski definition) is 5. The standard InChI is InChI=1S/C22H28NO5P/c1-15(2)19-11-9-16(3)13-21(19)28-29(27,18-7-5-4-6-8-18)22-14-17(23(25)26)10-12-20(22)24/h4-8,10,12,14-16,19,21,24H,9,11,13H2,1-3H3/t16-,19+,21-,29?/m1/s1. The Labute approximate surface area is 171 Å². The topological polar surface area (TPSA) is 89.7 Å². The van der Waals surface area contributed by atoms with Gasteiger partial charge >= 0.3 is 0 Å². The van der Waals surface area contributed by atoms with Gasteiger partial charge in [0.2, 0.25) is 0 Å². The van der Waals surface area contributed by atoms with Crippen LogP contribution in [0.4, 0.5) is 5.69 Å². The van der Waals surface area contributed by atoms with E-state index in [0.29, 0.717) is 17.1 Å². The molecule has 1 fully saturated rings. The fourth-order valence-electron chi connectivity index (χ4n) is 4.17. The Morgan fingerprint density at radius 3 is 2.48 bits per heavy atom. The SMILES string of the molecule is CC(C)[C@@H]1CC[C@@H](C)C[C@H]1OP(=O)(c1ccccc1)c1cc([N+](=O)[O-])ccc1O. The van der Waals surface area contributed by atoms with Gasteiger partial charge in [0.15, 0.2) is 0 Å². The van der Waals surface area contributed by atoms with Crippen LogP contribution in [0.2, 0.25) is 0 Å². The van der Waals surface area contributed by atoms with E-state index in [1.54, 1.807) is 30.3 Å². The lowest BCUT2D eigenvalue weighted by Crippen LogP contribution is -2.36. The van der Waals surface area contributed by atoms with Crippen LogP contribution in [0.1, 0.15) is 40.0 Å². The van der Waals surface area contributed by atoms with Crippen molar-refractivity contribution in [3.05, 3.63) is 58.6 Å². The van der Waals surface area contributed by atoms with E-state index in [2.05, 4.69) is 20.8 Å². The van der Waals surface area contributed by atoms with Gasteiger partial charge in [-0.15, -0.1) is 0 Å². The summed E-state index contributed by atoms with van der Waals surface area (Å²) in [6, 6.07) is 12.3. The first-order valence-corrected chi connectivity index (χ1v) is 11.7. The van der Waals surface area contributed by atoms with E-state index < -0.39 is 12.3 Å². The van der Waals surface area contributed by atoms with Crippen LogP contribution in [0.3, 0.4) is 0 Å². The lowest BCUT2D eigenvalue weighted by molar-refractivity contribution is -0.384. The molecule has 3 rings (SSSR count). The molecule has 4 atom stereocenters. The maximum absolute atomic E-state index is 14.4. The molecule has 0 aromatic heterocycles. The number of nitrogens with zero attached hydrogens (tertiary/aromatic N) is 1. The number of nitro benzene ring substituents is 1. The second kappa shape index (κ2) is 8.68. The molecular weight excluding hydrogens is 389 g/mol. The Hall–Kier alpha value is -2.17. The van der Waals surface area contributed by atoms with Gasteiger partial charge < -0.3 is 9.63 Å². The molecular formula is C22H28NO5P. The van der Waals surface area contributed by atoms with Gasteiger partial charge in [-0.05, 0) is 48.8 Å². The summed E-state index contributed by atoms with van der Waals surface area (Å²) in [5.41, 5.74) is -0.227. The second-order valence-electron chi connectivity index (χ2n) is 8.29. The molecule has 7 heteroatoms. The predicted molar refractivity (Wildman–Crippen MR) is 114 cm³/mol. The minimum Gasteiger partial charge on any atom is -0.507 e. The van der Waals surface area contributed by atoms with Gasteiger partial charge in [0.05, 0.1) is 16.3 Å². The van der Waals surface area contributed by atoms with Crippen molar-refractivity contribution in [2.45, 2.75) is 46.1 Å². The van der Waals surface area contributed by atoms with Crippen molar-refractivity contribution in [2.24, 2.45) is 17.8 Å². The van der Waals surface area contributed by atoms with Crippen LogP contribution in [0.5, 0.6) is 5.75 Å². The molecule has 1 N–H and O–H groups in total. The zero-order chi connectivity index (χ0) is 21.2. The first kappa shape index (κ1) is 21.5. The van der Waals surface area contributed by atoms with Crippen LogP contribution in [-0.2, 0) is 9.09 Å². The van der Waals surface area contributed by atoms with E-state index in [0.717, 1.165) is 19.3 Å². The lowest BCUT2D eigenvalue weighted by atomic mass is 9.75. The maximum atomic E-state index is 14.4. The highest BCUT2D eigenvalue weighted by Crippen LogP contribution is 2.52. The molecule has 0 heterocycles. The third kappa shape index (κ3) is 4.54. The molecule has 1 unspecified atom stereocenters. The summed E-state index contributed by atoms with van der Waals surface area (Å²) in [6.07, 6.45) is 2.61. The van der Waals surface area contributed by atoms with E-state index in [9.17, 15) is 19.8 Å². The monoisotopic (exact) mass is 417 g/mol. The summed E-state index contributed by atoms with van der Waals surface area (Å²) in [5.74, 6) is 0.783. The smallest absolute Gasteiger partial charge is 0.270 e. The molecule has 2 aromatic rings. The summed E-state index contributed by atoms with van der Waals surface area (Å²) in [7, 11) is -3.75. The molecule has 0 radical (unpaired) electrons. The Kier molecular flexibility index (Phi) is 6.45. The van der Waals surface area contributed by atoms with Crippen molar-refractivity contribution in [1.82, 2.24) is 0 Å². The third-order valence-electron chi connectivity index (χ3n) is 5.83. The van der Waals surface area contributed by atoms with Gasteiger partial charge in [-0.2, -0.15) is 0 Å². The van der Waals surface area contributed by atoms with Gasteiger partial charge in [-0.25, -0.2) is 0 Å². The van der Waals surface area contributed by atoms with Crippen molar-refractivity contribution in [3.63, 3.8) is 0 Å². The molecule has 6 nitrogen and oxygen atoms in total. The van der Waals surface area contributed by atoms with E-state index >= 15 is 0 Å². The van der Waals surface area contributed by atoms with Crippen LogP contribution < -0.4 is 10.6 Å². The molecule has 156 valence electrons. The number of rotatable bonds is 6. The highest BCUT2D eigenvalue weighted by molar-refractivity contribution is 7.74. The minimum absolute atomic E-state index is 0.0152. The fourth-order valence-corrected chi connectivity index (χ4v) is 6.55. The van der Waals surface area contributed by atoms with E-state index in [-0.39, 0.29) is 28.8 Å². The average molecular weight is 417 g/mol. The Balaban J connectivity index is 2.12. The van der Waals surface area contributed by atoms with Gasteiger partial charge in [-0.1, -0.05) is 45.4 Å². The zero-order valence-corrected chi connectivity index (χ0v) is 17.9.